The molecule has 3 aromatic carbocycles. The van der Waals surface area contributed by atoms with Crippen LogP contribution in [0.4, 0.5) is 5.69 Å². The van der Waals surface area contributed by atoms with Crippen molar-refractivity contribution < 1.29 is 9.53 Å². The molecule has 0 saturated heterocycles. The first-order chi connectivity index (χ1) is 17.1. The Morgan fingerprint density at radius 2 is 1.83 bits per heavy atom. The van der Waals surface area contributed by atoms with Crippen molar-refractivity contribution in [2.45, 2.75) is 26.2 Å². The molecule has 1 amide bonds. The number of fused-ring (bicyclic) bond motifs is 1. The maximum atomic E-state index is 13.3. The first-order valence-electron chi connectivity index (χ1n) is 11.2. The zero-order valence-electron chi connectivity index (χ0n) is 20.0. The number of rotatable bonds is 6. The zero-order valence-corrected chi connectivity index (χ0v) is 23.1. The number of benzene rings is 3. The van der Waals surface area contributed by atoms with E-state index in [0.29, 0.717) is 32.6 Å². The molecule has 0 unspecified atom stereocenters. The zero-order chi connectivity index (χ0) is 25.9. The van der Waals surface area contributed by atoms with Gasteiger partial charge >= 0.3 is 0 Å². The number of ether oxygens (including phenoxy) is 1. The number of aromatic nitrogens is 2. The van der Waals surface area contributed by atoms with Gasteiger partial charge in [-0.05, 0) is 70.0 Å². The van der Waals surface area contributed by atoms with E-state index in [0.717, 1.165) is 10.0 Å². The van der Waals surface area contributed by atoms with Crippen LogP contribution in [0, 0.1) is 0 Å². The predicted octanol–water partition coefficient (Wildman–Crippen LogP) is 6.12. The summed E-state index contributed by atoms with van der Waals surface area (Å²) in [6.45, 7) is 5.83. The van der Waals surface area contributed by atoms with Gasteiger partial charge in [0.15, 0.2) is 6.61 Å². The van der Waals surface area contributed by atoms with Gasteiger partial charge < -0.3 is 10.1 Å². The Morgan fingerprint density at radius 3 is 2.53 bits per heavy atom. The molecule has 1 N–H and O–H groups in total. The van der Waals surface area contributed by atoms with E-state index in [1.807, 2.05) is 63.2 Å². The molecule has 0 aliphatic heterocycles. The van der Waals surface area contributed by atoms with Gasteiger partial charge in [0.2, 0.25) is 0 Å². The molecular weight excluding hydrogens is 588 g/mol. The van der Waals surface area contributed by atoms with Gasteiger partial charge in [0.25, 0.3) is 11.5 Å². The molecule has 9 heteroatoms. The molecule has 4 rings (SSSR count). The minimum absolute atomic E-state index is 0.135. The molecule has 184 valence electrons. The third-order valence-corrected chi connectivity index (χ3v) is 6.29. The second-order valence-corrected chi connectivity index (χ2v) is 10.9. The van der Waals surface area contributed by atoms with Gasteiger partial charge in [-0.15, -0.1) is 0 Å². The normalized spacial score (nSPS) is 11.7. The highest BCUT2D eigenvalue weighted by Crippen LogP contribution is 2.26. The first-order valence-corrected chi connectivity index (χ1v) is 12.7. The van der Waals surface area contributed by atoms with E-state index in [-0.39, 0.29) is 18.1 Å². The number of halogens is 2. The summed E-state index contributed by atoms with van der Waals surface area (Å²) in [6.07, 6.45) is 1.60. The number of nitrogens with one attached hydrogen (secondary N) is 1. The monoisotopic (exact) mass is 610 g/mol. The molecule has 0 fully saturated rings. The molecule has 0 aliphatic rings. The highest BCUT2D eigenvalue weighted by atomic mass is 79.9. The van der Waals surface area contributed by atoms with E-state index in [2.05, 4.69) is 42.3 Å². The van der Waals surface area contributed by atoms with Gasteiger partial charge in [0.1, 0.15) is 11.6 Å². The molecule has 7 nitrogen and oxygen atoms in total. The highest BCUT2D eigenvalue weighted by molar-refractivity contribution is 9.10. The quantitative estimate of drug-likeness (QED) is 0.266. The summed E-state index contributed by atoms with van der Waals surface area (Å²) in [7, 11) is 0. The molecule has 0 saturated carbocycles. The fourth-order valence-electron chi connectivity index (χ4n) is 3.44. The molecule has 1 heterocycles. The van der Waals surface area contributed by atoms with Crippen molar-refractivity contribution in [1.82, 2.24) is 9.66 Å². The number of nitrogens with zero attached hydrogens (tertiary/aromatic N) is 3. The lowest BCUT2D eigenvalue weighted by Gasteiger charge is -2.20. The molecule has 0 bridgehead atoms. The average molecular weight is 612 g/mol. The number of hydrogen-bond acceptors (Lipinski definition) is 5. The Kier molecular flexibility index (Phi) is 7.70. The topological polar surface area (TPSA) is 85.6 Å². The van der Waals surface area contributed by atoms with Gasteiger partial charge in [0.05, 0.1) is 21.6 Å². The number of carbonyl (C=O) groups is 1. The Balaban J connectivity index is 1.55. The number of amides is 1. The molecule has 0 spiro atoms. The predicted molar refractivity (Wildman–Crippen MR) is 150 cm³/mol. The molecule has 36 heavy (non-hydrogen) atoms. The molecule has 4 aromatic rings. The maximum Gasteiger partial charge on any atom is 0.282 e. The number of carbonyl (C=O) groups excluding carboxylic acids is 1. The Hall–Kier alpha value is -3.30. The summed E-state index contributed by atoms with van der Waals surface area (Å²) < 4.78 is 8.46. The van der Waals surface area contributed by atoms with Crippen LogP contribution in [0.25, 0.3) is 10.9 Å². The van der Waals surface area contributed by atoms with Crippen LogP contribution in [0.15, 0.2) is 85.6 Å². The SMILES string of the molecule is CC(C)(C)c1nc2ccc(Br)cc2c(=O)n1N=Cc1ccc(OCC(=O)Nc2ccccc2)c(Br)c1. The van der Waals surface area contributed by atoms with E-state index in [4.69, 9.17) is 9.72 Å². The molecule has 1 aromatic heterocycles. The van der Waals surface area contributed by atoms with Crippen molar-refractivity contribution in [2.24, 2.45) is 5.10 Å². The smallest absolute Gasteiger partial charge is 0.282 e. The fraction of sp³-hybridized carbons (Fsp3) is 0.185. The van der Waals surface area contributed by atoms with Crippen molar-refractivity contribution in [3.63, 3.8) is 0 Å². The number of anilines is 1. The van der Waals surface area contributed by atoms with Gasteiger partial charge in [-0.25, -0.2) is 4.98 Å². The maximum absolute atomic E-state index is 13.3. The van der Waals surface area contributed by atoms with E-state index in [9.17, 15) is 9.59 Å². The minimum atomic E-state index is -0.406. The number of para-hydroxylation sites is 1. The van der Waals surface area contributed by atoms with Crippen molar-refractivity contribution in [1.29, 1.82) is 0 Å². The summed E-state index contributed by atoms with van der Waals surface area (Å²) in [4.78, 5) is 30.2. The average Bonchev–Trinajstić information content (AvgIpc) is 2.83. The molecule has 0 radical (unpaired) electrons. The summed E-state index contributed by atoms with van der Waals surface area (Å²) >= 11 is 6.91. The van der Waals surface area contributed by atoms with Gasteiger partial charge in [0, 0.05) is 15.6 Å². The van der Waals surface area contributed by atoms with E-state index < -0.39 is 5.41 Å². The van der Waals surface area contributed by atoms with Crippen LogP contribution in [-0.4, -0.2) is 28.4 Å². The van der Waals surface area contributed by atoms with Crippen molar-refractivity contribution in [3.05, 3.63) is 97.4 Å². The second-order valence-electron chi connectivity index (χ2n) is 9.10. The third-order valence-electron chi connectivity index (χ3n) is 5.17. The van der Waals surface area contributed by atoms with Crippen molar-refractivity contribution in [3.8, 4) is 5.75 Å². The van der Waals surface area contributed by atoms with Crippen LogP contribution in [0.1, 0.15) is 32.2 Å². The number of hydrogen-bond donors (Lipinski definition) is 1. The lowest BCUT2D eigenvalue weighted by atomic mass is 9.95. The van der Waals surface area contributed by atoms with Crippen molar-refractivity contribution in [2.75, 3.05) is 11.9 Å². The first kappa shape index (κ1) is 25.8. The lowest BCUT2D eigenvalue weighted by molar-refractivity contribution is -0.118. The molecule has 0 aliphatic carbocycles. The van der Waals surface area contributed by atoms with E-state index in [1.54, 1.807) is 30.5 Å². The second kappa shape index (κ2) is 10.8. The van der Waals surface area contributed by atoms with Gasteiger partial charge in [-0.1, -0.05) is 54.9 Å². The third kappa shape index (κ3) is 6.09. The van der Waals surface area contributed by atoms with Crippen LogP contribution in [-0.2, 0) is 10.2 Å². The molecule has 0 atom stereocenters. The van der Waals surface area contributed by atoms with Crippen LogP contribution in [0.5, 0.6) is 5.75 Å². The Bertz CT molecular complexity index is 1510. The van der Waals surface area contributed by atoms with Crippen molar-refractivity contribution >= 4 is 60.6 Å². The minimum Gasteiger partial charge on any atom is -0.483 e. The summed E-state index contributed by atoms with van der Waals surface area (Å²) in [5.41, 5.74) is 1.42. The Morgan fingerprint density at radius 1 is 1.08 bits per heavy atom. The summed E-state index contributed by atoms with van der Waals surface area (Å²) in [6, 6.07) is 20.0. The van der Waals surface area contributed by atoms with E-state index >= 15 is 0 Å². The summed E-state index contributed by atoms with van der Waals surface area (Å²) in [5, 5.41) is 7.75. The lowest BCUT2D eigenvalue weighted by Crippen LogP contribution is -2.29. The Labute approximate surface area is 225 Å². The van der Waals surface area contributed by atoms with Crippen LogP contribution in [0.3, 0.4) is 0 Å². The van der Waals surface area contributed by atoms with Gasteiger partial charge in [-0.3, -0.25) is 9.59 Å². The van der Waals surface area contributed by atoms with Gasteiger partial charge in [-0.2, -0.15) is 9.78 Å². The largest absolute Gasteiger partial charge is 0.483 e. The highest BCUT2D eigenvalue weighted by Gasteiger charge is 2.23. The standard InChI is InChI=1S/C27H24Br2N4O3/c1-27(2,3)26-32-22-11-10-18(28)14-20(22)25(35)33(26)30-15-17-9-12-23(21(29)13-17)36-16-24(34)31-19-7-5-4-6-8-19/h4-15H,16H2,1-3H3,(H,31,34). The fourth-order valence-corrected chi connectivity index (χ4v) is 4.31. The van der Waals surface area contributed by atoms with Crippen LogP contribution < -0.4 is 15.6 Å². The van der Waals surface area contributed by atoms with Crippen LogP contribution >= 0.6 is 31.9 Å². The van der Waals surface area contributed by atoms with Crippen LogP contribution in [0.2, 0.25) is 0 Å². The van der Waals surface area contributed by atoms with E-state index in [1.165, 1.54) is 4.68 Å². The molecular formula is C27H24Br2N4O3. The summed E-state index contributed by atoms with van der Waals surface area (Å²) in [5.74, 6) is 0.811.